The predicted octanol–water partition coefficient (Wildman–Crippen LogP) is 3.14. The van der Waals surface area contributed by atoms with Crippen LogP contribution in [0.4, 0.5) is 5.69 Å². The summed E-state index contributed by atoms with van der Waals surface area (Å²) in [6, 6.07) is 13.8. The van der Waals surface area contributed by atoms with Gasteiger partial charge >= 0.3 is 0 Å². The number of aromatic amines is 1. The second-order valence-corrected chi connectivity index (χ2v) is 7.83. The van der Waals surface area contributed by atoms with Crippen LogP contribution in [-0.2, 0) is 6.54 Å². The van der Waals surface area contributed by atoms with Crippen LogP contribution < -0.4 is 5.32 Å². The van der Waals surface area contributed by atoms with E-state index in [0.29, 0.717) is 5.69 Å². The van der Waals surface area contributed by atoms with Gasteiger partial charge in [-0.3, -0.25) is 14.8 Å². The molecule has 0 unspecified atom stereocenters. The third-order valence-corrected chi connectivity index (χ3v) is 5.69. The van der Waals surface area contributed by atoms with Crippen molar-refractivity contribution < 1.29 is 4.79 Å². The molecule has 1 aromatic carbocycles. The lowest BCUT2D eigenvalue weighted by atomic mass is 10.1. The van der Waals surface area contributed by atoms with Crippen molar-refractivity contribution in [2.75, 3.05) is 38.5 Å². The number of nitrogens with one attached hydrogen (secondary N) is 2. The molecule has 0 bridgehead atoms. The fourth-order valence-corrected chi connectivity index (χ4v) is 3.90. The molecule has 1 aliphatic heterocycles. The molecule has 7 heteroatoms. The summed E-state index contributed by atoms with van der Waals surface area (Å²) in [5, 5.41) is 12.0. The zero-order valence-corrected chi connectivity index (χ0v) is 16.1. The molecule has 0 atom stereocenters. The smallest absolute Gasteiger partial charge is 0.276 e. The highest BCUT2D eigenvalue weighted by atomic mass is 32.1. The molecule has 1 amide bonds. The van der Waals surface area contributed by atoms with Crippen molar-refractivity contribution in [3.63, 3.8) is 0 Å². The first-order chi connectivity index (χ1) is 13.2. The Morgan fingerprint density at radius 2 is 2.04 bits per heavy atom. The lowest BCUT2D eigenvalue weighted by Gasteiger charge is -2.32. The van der Waals surface area contributed by atoms with Gasteiger partial charge in [-0.1, -0.05) is 18.2 Å². The monoisotopic (exact) mass is 381 g/mol. The minimum Gasteiger partial charge on any atom is -0.321 e. The van der Waals surface area contributed by atoms with Gasteiger partial charge in [0.25, 0.3) is 5.91 Å². The van der Waals surface area contributed by atoms with E-state index < -0.39 is 0 Å². The van der Waals surface area contributed by atoms with E-state index >= 15 is 0 Å². The summed E-state index contributed by atoms with van der Waals surface area (Å²) in [5.41, 5.74) is 3.26. The van der Waals surface area contributed by atoms with Crippen LogP contribution in [0.2, 0.25) is 0 Å². The van der Waals surface area contributed by atoms with Crippen LogP contribution in [0.3, 0.4) is 0 Å². The summed E-state index contributed by atoms with van der Waals surface area (Å²) >= 11 is 1.61. The number of hydrogen-bond donors (Lipinski definition) is 2. The molecule has 27 heavy (non-hydrogen) atoms. The Labute approximate surface area is 162 Å². The van der Waals surface area contributed by atoms with E-state index in [0.717, 1.165) is 49.0 Å². The standard InChI is InChI=1S/C20H23N5OS/c1-24-7-9-25(10-8-24)14-15-4-2-5-16(12-15)21-20(26)18-13-17(22-23-18)19-6-3-11-27-19/h2-6,11-13H,7-10,14H2,1H3,(H,21,26)(H,22,23). The molecular weight excluding hydrogens is 358 g/mol. The number of H-pyrrole nitrogens is 1. The average Bonchev–Trinajstić information content (AvgIpc) is 3.35. The van der Waals surface area contributed by atoms with Gasteiger partial charge in [-0.2, -0.15) is 5.10 Å². The molecule has 0 aliphatic carbocycles. The maximum absolute atomic E-state index is 12.5. The van der Waals surface area contributed by atoms with Crippen molar-refractivity contribution in [3.8, 4) is 10.6 Å². The van der Waals surface area contributed by atoms with Crippen molar-refractivity contribution in [1.82, 2.24) is 20.0 Å². The summed E-state index contributed by atoms with van der Waals surface area (Å²) in [6.45, 7) is 5.25. The number of amides is 1. The van der Waals surface area contributed by atoms with Gasteiger partial charge in [0.05, 0.1) is 10.6 Å². The molecule has 1 saturated heterocycles. The molecule has 0 saturated carbocycles. The Bertz CT molecular complexity index is 897. The Kier molecular flexibility index (Phi) is 5.33. The molecule has 4 rings (SSSR count). The van der Waals surface area contributed by atoms with Gasteiger partial charge in [0.2, 0.25) is 0 Å². The lowest BCUT2D eigenvalue weighted by Crippen LogP contribution is -2.43. The number of likely N-dealkylation sites (N-methyl/N-ethyl adjacent to an activating group) is 1. The van der Waals surface area contributed by atoms with E-state index in [1.54, 1.807) is 17.4 Å². The van der Waals surface area contributed by atoms with E-state index in [4.69, 9.17) is 0 Å². The predicted molar refractivity (Wildman–Crippen MR) is 109 cm³/mol. The number of hydrogen-bond acceptors (Lipinski definition) is 5. The highest BCUT2D eigenvalue weighted by Gasteiger charge is 2.15. The minimum absolute atomic E-state index is 0.203. The maximum Gasteiger partial charge on any atom is 0.276 e. The Morgan fingerprint density at radius 1 is 1.19 bits per heavy atom. The van der Waals surface area contributed by atoms with Crippen molar-refractivity contribution in [2.45, 2.75) is 6.54 Å². The highest BCUT2D eigenvalue weighted by Crippen LogP contribution is 2.23. The van der Waals surface area contributed by atoms with Crippen LogP contribution in [0.1, 0.15) is 16.1 Å². The summed E-state index contributed by atoms with van der Waals surface area (Å²) in [7, 11) is 2.16. The van der Waals surface area contributed by atoms with E-state index in [1.165, 1.54) is 5.56 Å². The van der Waals surface area contributed by atoms with Gasteiger partial charge in [0.1, 0.15) is 0 Å². The van der Waals surface area contributed by atoms with Crippen LogP contribution in [0.25, 0.3) is 10.6 Å². The van der Waals surface area contributed by atoms with E-state index in [2.05, 4.69) is 38.4 Å². The molecule has 0 spiro atoms. The second-order valence-electron chi connectivity index (χ2n) is 6.88. The van der Waals surface area contributed by atoms with Crippen LogP contribution >= 0.6 is 11.3 Å². The number of anilines is 1. The number of nitrogens with zero attached hydrogens (tertiary/aromatic N) is 3. The zero-order chi connectivity index (χ0) is 18.6. The molecular formula is C20H23N5OS. The van der Waals surface area contributed by atoms with Crippen LogP contribution in [0, 0.1) is 0 Å². The minimum atomic E-state index is -0.203. The summed E-state index contributed by atoms with van der Waals surface area (Å²) in [5.74, 6) is -0.203. The van der Waals surface area contributed by atoms with Gasteiger partial charge in [-0.25, -0.2) is 0 Å². The molecule has 3 heterocycles. The second kappa shape index (κ2) is 8.04. The van der Waals surface area contributed by atoms with Crippen LogP contribution in [0.5, 0.6) is 0 Å². The molecule has 0 radical (unpaired) electrons. The SMILES string of the molecule is CN1CCN(Cc2cccc(NC(=O)c3cc(-c4cccs4)[nH]n3)c2)CC1. The number of thiophene rings is 1. The van der Waals surface area contributed by atoms with E-state index in [1.807, 2.05) is 35.7 Å². The number of piperazine rings is 1. The molecule has 140 valence electrons. The van der Waals surface area contributed by atoms with Gasteiger partial charge in [0, 0.05) is 38.4 Å². The summed E-state index contributed by atoms with van der Waals surface area (Å²) < 4.78 is 0. The van der Waals surface area contributed by atoms with Crippen molar-refractivity contribution in [3.05, 3.63) is 59.1 Å². The van der Waals surface area contributed by atoms with Crippen molar-refractivity contribution in [1.29, 1.82) is 0 Å². The number of benzene rings is 1. The molecule has 6 nitrogen and oxygen atoms in total. The number of carbonyl (C=O) groups is 1. The molecule has 3 aromatic rings. The van der Waals surface area contributed by atoms with E-state index in [-0.39, 0.29) is 5.91 Å². The quantitative estimate of drug-likeness (QED) is 0.713. The van der Waals surface area contributed by atoms with Crippen molar-refractivity contribution in [2.24, 2.45) is 0 Å². The highest BCUT2D eigenvalue weighted by molar-refractivity contribution is 7.13. The largest absolute Gasteiger partial charge is 0.321 e. The average molecular weight is 382 g/mol. The first kappa shape index (κ1) is 17.9. The summed E-state index contributed by atoms with van der Waals surface area (Å²) in [4.78, 5) is 18.4. The number of rotatable bonds is 5. The fraction of sp³-hybridized carbons (Fsp3) is 0.300. The topological polar surface area (TPSA) is 64.3 Å². The van der Waals surface area contributed by atoms with Crippen molar-refractivity contribution >= 4 is 22.9 Å². The Morgan fingerprint density at radius 3 is 2.81 bits per heavy atom. The Hall–Kier alpha value is -2.48. The molecule has 1 aliphatic rings. The first-order valence-electron chi connectivity index (χ1n) is 9.08. The lowest BCUT2D eigenvalue weighted by molar-refractivity contribution is 0.102. The van der Waals surface area contributed by atoms with Gasteiger partial charge < -0.3 is 10.2 Å². The van der Waals surface area contributed by atoms with Gasteiger partial charge in [0.15, 0.2) is 5.69 Å². The zero-order valence-electron chi connectivity index (χ0n) is 15.3. The number of carbonyl (C=O) groups excluding carboxylic acids is 1. The molecule has 1 fully saturated rings. The third-order valence-electron chi connectivity index (χ3n) is 4.78. The third kappa shape index (κ3) is 4.44. The fourth-order valence-electron chi connectivity index (χ4n) is 3.20. The molecule has 2 aromatic heterocycles. The van der Waals surface area contributed by atoms with Crippen LogP contribution in [0.15, 0.2) is 47.8 Å². The molecule has 2 N–H and O–H groups in total. The Balaban J connectivity index is 1.40. The van der Waals surface area contributed by atoms with Gasteiger partial charge in [-0.15, -0.1) is 11.3 Å². The normalized spacial score (nSPS) is 15.7. The number of aromatic nitrogens is 2. The first-order valence-corrected chi connectivity index (χ1v) is 9.96. The van der Waals surface area contributed by atoms with Crippen LogP contribution in [-0.4, -0.2) is 59.1 Å². The van der Waals surface area contributed by atoms with Gasteiger partial charge in [-0.05, 0) is 42.3 Å². The maximum atomic E-state index is 12.5. The van der Waals surface area contributed by atoms with E-state index in [9.17, 15) is 4.79 Å². The summed E-state index contributed by atoms with van der Waals surface area (Å²) in [6.07, 6.45) is 0.